The summed E-state index contributed by atoms with van der Waals surface area (Å²) in [6, 6.07) is 0.786. The maximum absolute atomic E-state index is 12.5. The maximum atomic E-state index is 12.5. The molecule has 19 heavy (non-hydrogen) atoms. The third-order valence-corrected chi connectivity index (χ3v) is 3.63. The van der Waals surface area contributed by atoms with E-state index in [-0.39, 0.29) is 16.7 Å². The highest BCUT2D eigenvalue weighted by Gasteiger charge is 2.32. The van der Waals surface area contributed by atoms with Gasteiger partial charge in [0.05, 0.1) is 20.8 Å². The van der Waals surface area contributed by atoms with Gasteiger partial charge in [0.2, 0.25) is 0 Å². The van der Waals surface area contributed by atoms with E-state index >= 15 is 0 Å². The summed E-state index contributed by atoms with van der Waals surface area (Å²) in [4.78, 5) is 3.68. The van der Waals surface area contributed by atoms with E-state index in [1.54, 1.807) is 6.92 Å². The summed E-state index contributed by atoms with van der Waals surface area (Å²) in [7, 11) is 0. The molecule has 0 amide bonds. The van der Waals surface area contributed by atoms with Gasteiger partial charge in [0.15, 0.2) is 5.82 Å². The van der Waals surface area contributed by atoms with Gasteiger partial charge in [-0.2, -0.15) is 23.0 Å². The molecule has 9 heteroatoms. The van der Waals surface area contributed by atoms with Gasteiger partial charge in [-0.15, -0.1) is 0 Å². The minimum Gasteiger partial charge on any atom is -0.383 e. The summed E-state index contributed by atoms with van der Waals surface area (Å²) >= 11 is 9.02. The van der Waals surface area contributed by atoms with E-state index in [0.717, 1.165) is 6.07 Å². The Hall–Kier alpha value is -1.28. The highest BCUT2D eigenvalue weighted by molar-refractivity contribution is 9.10. The molecule has 0 saturated heterocycles. The zero-order valence-corrected chi connectivity index (χ0v) is 11.8. The molecule has 4 nitrogen and oxygen atoms in total. The lowest BCUT2D eigenvalue weighted by molar-refractivity contribution is -0.137. The van der Waals surface area contributed by atoms with Crippen molar-refractivity contribution in [2.75, 3.05) is 5.73 Å². The second-order valence-electron chi connectivity index (χ2n) is 3.72. The van der Waals surface area contributed by atoms with Crippen LogP contribution in [-0.2, 0) is 6.18 Å². The molecule has 0 saturated carbocycles. The molecule has 0 unspecified atom stereocenters. The van der Waals surface area contributed by atoms with E-state index < -0.39 is 11.7 Å². The minimum atomic E-state index is -4.50. The number of halogens is 5. The van der Waals surface area contributed by atoms with Crippen LogP contribution in [0.5, 0.6) is 0 Å². The largest absolute Gasteiger partial charge is 0.417 e. The number of aryl methyl sites for hydroxylation is 1. The van der Waals surface area contributed by atoms with Crippen molar-refractivity contribution in [2.24, 2.45) is 0 Å². The fourth-order valence-electron chi connectivity index (χ4n) is 1.43. The van der Waals surface area contributed by atoms with Gasteiger partial charge in [0.1, 0.15) is 5.82 Å². The Kier molecular flexibility index (Phi) is 3.48. The van der Waals surface area contributed by atoms with Crippen molar-refractivity contribution < 1.29 is 13.2 Å². The second-order valence-corrected chi connectivity index (χ2v) is 4.92. The van der Waals surface area contributed by atoms with Crippen LogP contribution in [0.3, 0.4) is 0 Å². The lowest BCUT2D eigenvalue weighted by atomic mass is 10.3. The van der Waals surface area contributed by atoms with Crippen LogP contribution in [0, 0.1) is 6.92 Å². The topological polar surface area (TPSA) is 56.7 Å². The smallest absolute Gasteiger partial charge is 0.383 e. The molecule has 0 aromatic carbocycles. The number of alkyl halides is 3. The Bertz CT molecular complexity index is 638. The highest BCUT2D eigenvalue weighted by Crippen LogP contribution is 2.33. The Balaban J connectivity index is 2.55. The van der Waals surface area contributed by atoms with E-state index in [1.807, 2.05) is 0 Å². The molecule has 0 bridgehead atoms. The first-order valence-corrected chi connectivity index (χ1v) is 6.12. The number of nitrogens with zero attached hydrogens (tertiary/aromatic N) is 3. The fraction of sp³-hybridized carbons (Fsp3) is 0.200. The highest BCUT2D eigenvalue weighted by atomic mass is 79.9. The van der Waals surface area contributed by atoms with Crippen LogP contribution >= 0.6 is 27.5 Å². The standard InChI is InChI=1S/C10H7BrClF3N4/c1-4-7(11)8(16)19(18-4)9-6(12)2-5(3-17-9)10(13,14)15/h2-3H,16H2,1H3. The third-order valence-electron chi connectivity index (χ3n) is 2.37. The van der Waals surface area contributed by atoms with Gasteiger partial charge < -0.3 is 5.73 Å². The van der Waals surface area contributed by atoms with E-state index in [1.165, 1.54) is 4.68 Å². The van der Waals surface area contributed by atoms with Crippen molar-refractivity contribution in [1.29, 1.82) is 0 Å². The summed E-state index contributed by atoms with van der Waals surface area (Å²) in [6.07, 6.45) is -3.81. The Morgan fingerprint density at radius 1 is 1.42 bits per heavy atom. The van der Waals surface area contributed by atoms with Crippen molar-refractivity contribution in [3.63, 3.8) is 0 Å². The summed E-state index contributed by atoms with van der Waals surface area (Å²) in [6.45, 7) is 1.69. The number of nitrogens with two attached hydrogens (primary N) is 1. The van der Waals surface area contributed by atoms with Gasteiger partial charge in [-0.25, -0.2) is 4.98 Å². The molecule has 2 aromatic rings. The average Bonchev–Trinajstić information content (AvgIpc) is 2.56. The molecule has 0 spiro atoms. The molecule has 0 atom stereocenters. The number of nitrogen functional groups attached to an aromatic ring is 1. The van der Waals surface area contributed by atoms with Gasteiger partial charge in [0.25, 0.3) is 0 Å². The summed E-state index contributed by atoms with van der Waals surface area (Å²) < 4.78 is 39.2. The molecule has 2 N–H and O–H groups in total. The van der Waals surface area contributed by atoms with Crippen LogP contribution in [0.15, 0.2) is 16.7 Å². The van der Waals surface area contributed by atoms with Crippen molar-refractivity contribution in [3.05, 3.63) is 33.0 Å². The Morgan fingerprint density at radius 3 is 2.47 bits per heavy atom. The zero-order valence-electron chi connectivity index (χ0n) is 9.46. The van der Waals surface area contributed by atoms with Crippen LogP contribution in [-0.4, -0.2) is 14.8 Å². The number of anilines is 1. The normalized spacial score (nSPS) is 11.9. The van der Waals surface area contributed by atoms with E-state index in [4.69, 9.17) is 17.3 Å². The number of pyridine rings is 1. The van der Waals surface area contributed by atoms with Crippen molar-refractivity contribution in [3.8, 4) is 5.82 Å². The molecule has 102 valence electrons. The van der Waals surface area contributed by atoms with Crippen molar-refractivity contribution in [1.82, 2.24) is 14.8 Å². The van der Waals surface area contributed by atoms with Gasteiger partial charge in [0, 0.05) is 6.20 Å². The lowest BCUT2D eigenvalue weighted by Gasteiger charge is -2.09. The molecule has 0 fully saturated rings. The summed E-state index contributed by atoms with van der Waals surface area (Å²) in [5.41, 5.74) is 5.41. The van der Waals surface area contributed by atoms with Crippen LogP contribution in [0.2, 0.25) is 5.02 Å². The summed E-state index contributed by atoms with van der Waals surface area (Å²) in [5.74, 6) is 0.257. The average molecular weight is 356 g/mol. The first kappa shape index (κ1) is 14.1. The summed E-state index contributed by atoms with van der Waals surface area (Å²) in [5, 5.41) is 3.87. The van der Waals surface area contributed by atoms with Gasteiger partial charge in [-0.1, -0.05) is 11.6 Å². The SMILES string of the molecule is Cc1nn(-c2ncc(C(F)(F)F)cc2Cl)c(N)c1Br. The fourth-order valence-corrected chi connectivity index (χ4v) is 1.92. The predicted molar refractivity (Wildman–Crippen MR) is 68.2 cm³/mol. The Labute approximate surface area is 119 Å². The molecule has 2 heterocycles. The van der Waals surface area contributed by atoms with Crippen molar-refractivity contribution in [2.45, 2.75) is 13.1 Å². The molecule has 0 aliphatic heterocycles. The van der Waals surface area contributed by atoms with Crippen molar-refractivity contribution >= 4 is 33.3 Å². The van der Waals surface area contributed by atoms with E-state index in [0.29, 0.717) is 16.4 Å². The Morgan fingerprint density at radius 2 is 2.05 bits per heavy atom. The van der Waals surface area contributed by atoms with Gasteiger partial charge in [-0.05, 0) is 28.9 Å². The monoisotopic (exact) mass is 354 g/mol. The molecular formula is C10H7BrClF3N4. The lowest BCUT2D eigenvalue weighted by Crippen LogP contribution is -2.09. The quantitative estimate of drug-likeness (QED) is 0.850. The van der Waals surface area contributed by atoms with E-state index in [9.17, 15) is 13.2 Å². The van der Waals surface area contributed by atoms with Crippen LogP contribution in [0.1, 0.15) is 11.3 Å². The number of rotatable bonds is 1. The molecule has 2 aromatic heterocycles. The molecule has 0 aliphatic carbocycles. The minimum absolute atomic E-state index is 0.0426. The first-order chi connectivity index (χ1) is 8.71. The van der Waals surface area contributed by atoms with Crippen LogP contribution in [0.25, 0.3) is 5.82 Å². The maximum Gasteiger partial charge on any atom is 0.417 e. The number of aromatic nitrogens is 3. The molecule has 0 radical (unpaired) electrons. The predicted octanol–water partition coefficient (Wildman–Crippen LogP) is 3.59. The van der Waals surface area contributed by atoms with E-state index in [2.05, 4.69) is 26.0 Å². The zero-order chi connectivity index (χ0) is 14.4. The molecule has 2 rings (SSSR count). The molecule has 0 aliphatic rings. The second kappa shape index (κ2) is 4.68. The van der Waals surface area contributed by atoms with Crippen LogP contribution in [0.4, 0.5) is 19.0 Å². The number of hydrogen-bond acceptors (Lipinski definition) is 3. The first-order valence-electron chi connectivity index (χ1n) is 4.95. The molecular weight excluding hydrogens is 348 g/mol. The van der Waals surface area contributed by atoms with Crippen LogP contribution < -0.4 is 5.73 Å². The van der Waals surface area contributed by atoms with Gasteiger partial charge in [-0.3, -0.25) is 0 Å². The van der Waals surface area contributed by atoms with Gasteiger partial charge >= 0.3 is 6.18 Å². The third kappa shape index (κ3) is 2.55. The number of hydrogen-bond donors (Lipinski definition) is 1.